The molecular weight excluding hydrogens is 200 g/mol. The predicted molar refractivity (Wildman–Crippen MR) is 64.5 cm³/mol. The van der Waals surface area contributed by atoms with Crippen molar-refractivity contribution < 1.29 is 9.59 Å². The average molecular weight is 218 g/mol. The first kappa shape index (κ1) is 12.6. The van der Waals surface area contributed by atoms with Crippen LogP contribution in [0.4, 0.5) is 0 Å². The Balaban J connectivity index is 3.06. The van der Waals surface area contributed by atoms with Crippen molar-refractivity contribution in [2.45, 2.75) is 39.5 Å². The number of carbonyl (C=O) groups is 2. The lowest BCUT2D eigenvalue weighted by Crippen LogP contribution is -2.20. The van der Waals surface area contributed by atoms with Crippen LogP contribution in [0.15, 0.2) is 24.3 Å². The molecule has 0 aliphatic carbocycles. The molecule has 1 rings (SSSR count). The zero-order chi connectivity index (χ0) is 12.1. The van der Waals surface area contributed by atoms with E-state index in [9.17, 15) is 9.59 Å². The van der Waals surface area contributed by atoms with Crippen LogP contribution in [0.1, 0.15) is 43.7 Å². The molecule has 0 fully saturated rings. The summed E-state index contributed by atoms with van der Waals surface area (Å²) in [6.45, 7) is 5.58. The molecule has 16 heavy (non-hydrogen) atoms. The molecule has 0 unspecified atom stereocenters. The molecule has 2 heteroatoms. The highest BCUT2D eigenvalue weighted by Gasteiger charge is 2.25. The van der Waals surface area contributed by atoms with Gasteiger partial charge in [0.2, 0.25) is 0 Å². The lowest BCUT2D eigenvalue weighted by Gasteiger charge is -2.13. The maximum Gasteiger partial charge on any atom is 0.147 e. The second-order valence-electron chi connectivity index (χ2n) is 3.98. The Hall–Kier alpha value is -1.44. The third-order valence-electron chi connectivity index (χ3n) is 2.75. The lowest BCUT2D eigenvalue weighted by molar-refractivity contribution is -0.128. The quantitative estimate of drug-likeness (QED) is 0.712. The molecule has 0 heterocycles. The predicted octanol–water partition coefficient (Wildman–Crippen LogP) is 3.04. The minimum Gasteiger partial charge on any atom is -0.299 e. The first-order valence-corrected chi connectivity index (χ1v) is 5.72. The maximum absolute atomic E-state index is 11.8. The number of hydrogen-bond donors (Lipinski definition) is 0. The standard InChI is InChI=1S/C14H18O2/c1-4-12(15)14(13(16)5-2)11-8-6-10(3)7-9-11/h6-9,14H,4-5H2,1-3H3. The number of hydrogen-bond acceptors (Lipinski definition) is 2. The third-order valence-corrected chi connectivity index (χ3v) is 2.75. The van der Waals surface area contributed by atoms with E-state index in [0.29, 0.717) is 12.8 Å². The first-order valence-electron chi connectivity index (χ1n) is 5.72. The molecular formula is C14H18O2. The van der Waals surface area contributed by atoms with Gasteiger partial charge in [-0.25, -0.2) is 0 Å². The number of carbonyl (C=O) groups excluding carboxylic acids is 2. The molecule has 0 N–H and O–H groups in total. The summed E-state index contributed by atoms with van der Waals surface area (Å²) >= 11 is 0. The van der Waals surface area contributed by atoms with Gasteiger partial charge >= 0.3 is 0 Å². The van der Waals surface area contributed by atoms with Crippen LogP contribution in [-0.4, -0.2) is 11.6 Å². The van der Waals surface area contributed by atoms with Gasteiger partial charge in [-0.2, -0.15) is 0 Å². The second-order valence-corrected chi connectivity index (χ2v) is 3.98. The van der Waals surface area contributed by atoms with Gasteiger partial charge in [0.15, 0.2) is 0 Å². The van der Waals surface area contributed by atoms with Crippen molar-refractivity contribution in [1.29, 1.82) is 0 Å². The maximum atomic E-state index is 11.8. The molecule has 0 spiro atoms. The van der Waals surface area contributed by atoms with Gasteiger partial charge in [0.05, 0.1) is 0 Å². The van der Waals surface area contributed by atoms with E-state index in [0.717, 1.165) is 11.1 Å². The summed E-state index contributed by atoms with van der Waals surface area (Å²) in [5.74, 6) is -0.540. The van der Waals surface area contributed by atoms with E-state index < -0.39 is 5.92 Å². The summed E-state index contributed by atoms with van der Waals surface area (Å²) in [5.41, 5.74) is 1.96. The van der Waals surface area contributed by atoms with Gasteiger partial charge < -0.3 is 0 Å². The van der Waals surface area contributed by atoms with E-state index in [4.69, 9.17) is 0 Å². The molecule has 0 amide bonds. The molecule has 0 saturated carbocycles. The monoisotopic (exact) mass is 218 g/mol. The van der Waals surface area contributed by atoms with Crippen molar-refractivity contribution >= 4 is 11.6 Å². The highest BCUT2D eigenvalue weighted by Crippen LogP contribution is 2.21. The summed E-state index contributed by atoms with van der Waals surface area (Å²) in [4.78, 5) is 23.6. The molecule has 0 aliphatic heterocycles. The van der Waals surface area contributed by atoms with Crippen molar-refractivity contribution in [2.75, 3.05) is 0 Å². The topological polar surface area (TPSA) is 34.1 Å². The van der Waals surface area contributed by atoms with Gasteiger partial charge in [-0.15, -0.1) is 0 Å². The Morgan fingerprint density at radius 2 is 1.44 bits per heavy atom. The van der Waals surface area contributed by atoms with Crippen LogP contribution in [0, 0.1) is 6.92 Å². The Bertz CT molecular complexity index is 360. The molecule has 0 aromatic heterocycles. The SMILES string of the molecule is CCC(=O)C(C(=O)CC)c1ccc(C)cc1. The Morgan fingerprint density at radius 3 is 1.81 bits per heavy atom. The van der Waals surface area contributed by atoms with E-state index in [1.165, 1.54) is 0 Å². The molecule has 2 nitrogen and oxygen atoms in total. The number of ketones is 2. The summed E-state index contributed by atoms with van der Waals surface area (Å²) < 4.78 is 0. The van der Waals surface area contributed by atoms with E-state index in [1.54, 1.807) is 13.8 Å². The van der Waals surface area contributed by atoms with Crippen molar-refractivity contribution in [1.82, 2.24) is 0 Å². The Morgan fingerprint density at radius 1 is 1.00 bits per heavy atom. The summed E-state index contributed by atoms with van der Waals surface area (Å²) in [5, 5.41) is 0. The molecule has 1 aromatic carbocycles. The van der Waals surface area contributed by atoms with Crippen LogP contribution in [0.3, 0.4) is 0 Å². The molecule has 0 bridgehead atoms. The normalized spacial score (nSPS) is 10.5. The Labute approximate surface area is 96.7 Å². The van der Waals surface area contributed by atoms with E-state index in [1.807, 2.05) is 31.2 Å². The van der Waals surface area contributed by atoms with E-state index >= 15 is 0 Å². The lowest BCUT2D eigenvalue weighted by atomic mass is 9.88. The van der Waals surface area contributed by atoms with Crippen molar-refractivity contribution in [3.63, 3.8) is 0 Å². The highest BCUT2D eigenvalue weighted by atomic mass is 16.1. The van der Waals surface area contributed by atoms with Gasteiger partial charge in [0, 0.05) is 12.8 Å². The molecule has 0 radical (unpaired) electrons. The average Bonchev–Trinajstić information content (AvgIpc) is 2.31. The third kappa shape index (κ3) is 2.78. The number of aryl methyl sites for hydroxylation is 1. The molecule has 0 atom stereocenters. The molecule has 0 aliphatic rings. The second kappa shape index (κ2) is 5.59. The number of Topliss-reactive ketones (excluding diaryl/α,β-unsaturated/α-hetero) is 2. The summed E-state index contributed by atoms with van der Waals surface area (Å²) in [7, 11) is 0. The van der Waals surface area contributed by atoms with Crippen molar-refractivity contribution in [3.8, 4) is 0 Å². The minimum absolute atomic E-state index is 0.00991. The highest BCUT2D eigenvalue weighted by molar-refractivity contribution is 6.07. The first-order chi connectivity index (χ1) is 7.60. The molecule has 1 aromatic rings. The largest absolute Gasteiger partial charge is 0.299 e. The molecule has 86 valence electrons. The number of rotatable bonds is 5. The van der Waals surface area contributed by atoms with Crippen LogP contribution in [-0.2, 0) is 9.59 Å². The summed E-state index contributed by atoms with van der Waals surface area (Å²) in [6, 6.07) is 7.63. The van der Waals surface area contributed by atoms with Gasteiger partial charge in [-0.3, -0.25) is 9.59 Å². The van der Waals surface area contributed by atoms with Crippen LogP contribution in [0.25, 0.3) is 0 Å². The van der Waals surface area contributed by atoms with Gasteiger partial charge in [-0.05, 0) is 12.5 Å². The van der Waals surface area contributed by atoms with Gasteiger partial charge in [0.25, 0.3) is 0 Å². The zero-order valence-corrected chi connectivity index (χ0v) is 10.1. The van der Waals surface area contributed by atoms with Crippen LogP contribution in [0.5, 0.6) is 0 Å². The Kier molecular flexibility index (Phi) is 4.41. The van der Waals surface area contributed by atoms with Gasteiger partial charge in [0.1, 0.15) is 17.5 Å². The van der Waals surface area contributed by atoms with Crippen molar-refractivity contribution in [3.05, 3.63) is 35.4 Å². The fraction of sp³-hybridized carbons (Fsp3) is 0.429. The smallest absolute Gasteiger partial charge is 0.147 e. The number of benzene rings is 1. The summed E-state index contributed by atoms with van der Waals surface area (Å²) in [6.07, 6.45) is 0.814. The van der Waals surface area contributed by atoms with Gasteiger partial charge in [-0.1, -0.05) is 43.7 Å². The fourth-order valence-electron chi connectivity index (χ4n) is 1.72. The van der Waals surface area contributed by atoms with Crippen molar-refractivity contribution in [2.24, 2.45) is 0 Å². The fourth-order valence-corrected chi connectivity index (χ4v) is 1.72. The van der Waals surface area contributed by atoms with Crippen LogP contribution >= 0.6 is 0 Å². The van der Waals surface area contributed by atoms with Crippen LogP contribution in [0.2, 0.25) is 0 Å². The van der Waals surface area contributed by atoms with Crippen LogP contribution < -0.4 is 0 Å². The minimum atomic E-state index is -0.560. The molecule has 0 saturated heterocycles. The zero-order valence-electron chi connectivity index (χ0n) is 10.1. The van der Waals surface area contributed by atoms with E-state index in [2.05, 4.69) is 0 Å². The van der Waals surface area contributed by atoms with E-state index in [-0.39, 0.29) is 11.6 Å².